The Bertz CT molecular complexity index is 609. The molecule has 0 aliphatic carbocycles. The topological polar surface area (TPSA) is 52.6 Å². The highest BCUT2D eigenvalue weighted by Crippen LogP contribution is 2.40. The third-order valence-corrected chi connectivity index (χ3v) is 3.30. The predicted octanol–water partition coefficient (Wildman–Crippen LogP) is 2.78. The fourth-order valence-electron chi connectivity index (χ4n) is 2.21. The van der Waals surface area contributed by atoms with Gasteiger partial charge in [-0.25, -0.2) is 0 Å². The highest BCUT2D eigenvalue weighted by Gasteiger charge is 2.18. The van der Waals surface area contributed by atoms with Crippen LogP contribution < -0.4 is 19.5 Å². The first-order valence-corrected chi connectivity index (χ1v) is 6.89. The molecule has 2 heterocycles. The normalized spacial score (nSPS) is 12.9. The van der Waals surface area contributed by atoms with Gasteiger partial charge in [-0.3, -0.25) is 4.98 Å². The summed E-state index contributed by atoms with van der Waals surface area (Å²) in [4.78, 5) is 4.26. The van der Waals surface area contributed by atoms with Crippen LogP contribution in [0.3, 0.4) is 0 Å². The molecule has 5 nitrogen and oxygen atoms in total. The molecule has 21 heavy (non-hydrogen) atoms. The van der Waals surface area contributed by atoms with Crippen LogP contribution in [0.5, 0.6) is 17.2 Å². The maximum Gasteiger partial charge on any atom is 0.203 e. The Morgan fingerprint density at radius 3 is 2.86 bits per heavy atom. The van der Waals surface area contributed by atoms with Gasteiger partial charge in [0, 0.05) is 12.2 Å². The smallest absolute Gasteiger partial charge is 0.203 e. The molecule has 1 aliphatic rings. The summed E-state index contributed by atoms with van der Waals surface area (Å²) in [6.07, 6.45) is 1.82. The second-order valence-electron chi connectivity index (χ2n) is 4.86. The monoisotopic (exact) mass is 286 g/mol. The van der Waals surface area contributed by atoms with Crippen LogP contribution in [0.25, 0.3) is 0 Å². The molecular formula is C16H18N2O3. The van der Waals surface area contributed by atoms with Gasteiger partial charge in [0.25, 0.3) is 0 Å². The summed E-state index contributed by atoms with van der Waals surface area (Å²) in [5, 5.41) is 3.33. The summed E-state index contributed by atoms with van der Waals surface area (Å²) < 4.78 is 16.6. The minimum absolute atomic E-state index is 0.552. The number of hydrogen-bond donors (Lipinski definition) is 1. The lowest BCUT2D eigenvalue weighted by atomic mass is 10.1. The van der Waals surface area contributed by atoms with Gasteiger partial charge in [-0.1, -0.05) is 0 Å². The molecule has 0 radical (unpaired) electrons. The zero-order chi connectivity index (χ0) is 14.7. The Labute approximate surface area is 123 Å². The second kappa shape index (κ2) is 5.91. The van der Waals surface area contributed by atoms with Crippen molar-refractivity contribution in [3.63, 3.8) is 0 Å². The molecule has 5 heteroatoms. The molecule has 0 spiro atoms. The molecular weight excluding hydrogens is 268 g/mol. The van der Waals surface area contributed by atoms with Gasteiger partial charge in [0.05, 0.1) is 19.0 Å². The molecule has 2 aromatic rings. The van der Waals surface area contributed by atoms with Crippen LogP contribution in [0.15, 0.2) is 30.5 Å². The van der Waals surface area contributed by atoms with E-state index in [1.54, 1.807) is 7.11 Å². The van der Waals surface area contributed by atoms with Gasteiger partial charge in [0.1, 0.15) is 13.2 Å². The minimum Gasteiger partial charge on any atom is -0.493 e. The summed E-state index contributed by atoms with van der Waals surface area (Å²) in [5.41, 5.74) is 3.05. The number of fused-ring (bicyclic) bond motifs is 1. The van der Waals surface area contributed by atoms with E-state index in [2.05, 4.69) is 10.3 Å². The van der Waals surface area contributed by atoms with Crippen molar-refractivity contribution in [3.05, 3.63) is 41.7 Å². The van der Waals surface area contributed by atoms with Crippen LogP contribution in [-0.4, -0.2) is 25.3 Å². The summed E-state index contributed by atoms with van der Waals surface area (Å²) in [7, 11) is 1.63. The van der Waals surface area contributed by atoms with E-state index in [1.807, 2.05) is 37.4 Å². The fourth-order valence-corrected chi connectivity index (χ4v) is 2.21. The van der Waals surface area contributed by atoms with Crippen molar-refractivity contribution in [2.24, 2.45) is 0 Å². The van der Waals surface area contributed by atoms with Crippen LogP contribution in [0.1, 0.15) is 11.3 Å². The number of aryl methyl sites for hydroxylation is 1. The number of nitrogens with zero attached hydrogens (tertiary/aromatic N) is 1. The SMILES string of the molecule is COc1cc(CNc2ccc(C)nc2)cc2c1OCCO2. The Balaban J connectivity index is 1.77. The lowest BCUT2D eigenvalue weighted by Crippen LogP contribution is -2.16. The van der Waals surface area contributed by atoms with E-state index in [0.717, 1.165) is 22.7 Å². The van der Waals surface area contributed by atoms with E-state index in [4.69, 9.17) is 14.2 Å². The van der Waals surface area contributed by atoms with Crippen molar-refractivity contribution in [1.29, 1.82) is 0 Å². The fraction of sp³-hybridized carbons (Fsp3) is 0.312. The molecule has 0 amide bonds. The number of benzene rings is 1. The standard InChI is InChI=1S/C16H18N2O3/c1-11-3-4-13(10-17-11)18-9-12-7-14(19-2)16-15(8-12)20-5-6-21-16/h3-4,7-8,10,18H,5-6,9H2,1-2H3. The zero-order valence-corrected chi connectivity index (χ0v) is 12.2. The van der Waals surface area contributed by atoms with Crippen molar-refractivity contribution in [2.75, 3.05) is 25.6 Å². The van der Waals surface area contributed by atoms with E-state index in [-0.39, 0.29) is 0 Å². The van der Waals surface area contributed by atoms with Crippen LogP contribution in [0, 0.1) is 6.92 Å². The highest BCUT2D eigenvalue weighted by molar-refractivity contribution is 5.55. The third kappa shape index (κ3) is 3.02. The highest BCUT2D eigenvalue weighted by atomic mass is 16.6. The van der Waals surface area contributed by atoms with Crippen molar-refractivity contribution in [3.8, 4) is 17.2 Å². The van der Waals surface area contributed by atoms with Gasteiger partial charge < -0.3 is 19.5 Å². The molecule has 0 saturated carbocycles. The first-order valence-electron chi connectivity index (χ1n) is 6.89. The summed E-state index contributed by atoms with van der Waals surface area (Å²) in [6, 6.07) is 7.93. The second-order valence-corrected chi connectivity index (χ2v) is 4.86. The van der Waals surface area contributed by atoms with Gasteiger partial charge in [-0.2, -0.15) is 0 Å². The Morgan fingerprint density at radius 2 is 2.10 bits per heavy atom. The quantitative estimate of drug-likeness (QED) is 0.936. The maximum atomic E-state index is 5.63. The lowest BCUT2D eigenvalue weighted by Gasteiger charge is -2.21. The van der Waals surface area contributed by atoms with Crippen molar-refractivity contribution in [1.82, 2.24) is 4.98 Å². The van der Waals surface area contributed by atoms with Gasteiger partial charge >= 0.3 is 0 Å². The van der Waals surface area contributed by atoms with Crippen molar-refractivity contribution >= 4 is 5.69 Å². The van der Waals surface area contributed by atoms with Crippen molar-refractivity contribution < 1.29 is 14.2 Å². The Kier molecular flexibility index (Phi) is 3.81. The summed E-state index contributed by atoms with van der Waals surface area (Å²) in [5.74, 6) is 2.12. The molecule has 110 valence electrons. The van der Waals surface area contributed by atoms with E-state index < -0.39 is 0 Å². The molecule has 1 aromatic heterocycles. The Morgan fingerprint density at radius 1 is 1.24 bits per heavy atom. The van der Waals surface area contributed by atoms with Crippen LogP contribution >= 0.6 is 0 Å². The molecule has 1 aromatic carbocycles. The minimum atomic E-state index is 0.552. The molecule has 0 bridgehead atoms. The van der Waals surface area contributed by atoms with Crippen molar-refractivity contribution in [2.45, 2.75) is 13.5 Å². The van der Waals surface area contributed by atoms with Gasteiger partial charge in [0.15, 0.2) is 11.5 Å². The third-order valence-electron chi connectivity index (χ3n) is 3.30. The molecule has 1 N–H and O–H groups in total. The molecule has 0 saturated heterocycles. The van der Waals surface area contributed by atoms with E-state index in [1.165, 1.54) is 0 Å². The average molecular weight is 286 g/mol. The number of aromatic nitrogens is 1. The number of anilines is 1. The first kappa shape index (κ1) is 13.5. The van der Waals surface area contributed by atoms with E-state index in [9.17, 15) is 0 Å². The predicted molar refractivity (Wildman–Crippen MR) is 80.3 cm³/mol. The van der Waals surface area contributed by atoms with Crippen LogP contribution in [-0.2, 0) is 6.54 Å². The van der Waals surface area contributed by atoms with Gasteiger partial charge in [-0.15, -0.1) is 0 Å². The largest absolute Gasteiger partial charge is 0.493 e. The molecule has 0 fully saturated rings. The number of hydrogen-bond acceptors (Lipinski definition) is 5. The number of ether oxygens (including phenoxy) is 3. The summed E-state index contributed by atoms with van der Waals surface area (Å²) in [6.45, 7) is 3.75. The van der Waals surface area contributed by atoms with E-state index in [0.29, 0.717) is 31.3 Å². The molecule has 1 aliphatic heterocycles. The Hall–Kier alpha value is -2.43. The molecule has 3 rings (SSSR count). The number of rotatable bonds is 4. The number of pyridine rings is 1. The average Bonchev–Trinajstić information content (AvgIpc) is 2.53. The van der Waals surface area contributed by atoms with Gasteiger partial charge in [-0.05, 0) is 36.8 Å². The number of methoxy groups -OCH3 is 1. The van der Waals surface area contributed by atoms with Crippen LogP contribution in [0.4, 0.5) is 5.69 Å². The lowest BCUT2D eigenvalue weighted by molar-refractivity contribution is 0.165. The maximum absolute atomic E-state index is 5.63. The molecule has 0 unspecified atom stereocenters. The summed E-state index contributed by atoms with van der Waals surface area (Å²) >= 11 is 0. The van der Waals surface area contributed by atoms with Gasteiger partial charge in [0.2, 0.25) is 5.75 Å². The van der Waals surface area contributed by atoms with Crippen LogP contribution in [0.2, 0.25) is 0 Å². The molecule has 0 atom stereocenters. The zero-order valence-electron chi connectivity index (χ0n) is 12.2. The number of nitrogens with one attached hydrogen (secondary N) is 1. The van der Waals surface area contributed by atoms with E-state index >= 15 is 0 Å². The first-order chi connectivity index (χ1) is 10.3.